The number of nitro groups is 1. The predicted octanol–water partition coefficient (Wildman–Crippen LogP) is 3.58. The first-order valence-corrected chi connectivity index (χ1v) is 8.48. The second kappa shape index (κ2) is 9.05. The lowest BCUT2D eigenvalue weighted by Crippen LogP contribution is -2.17. The molecule has 0 aromatic heterocycles. The zero-order valence-electron chi connectivity index (χ0n) is 15.0. The van der Waals surface area contributed by atoms with Gasteiger partial charge >= 0.3 is 5.97 Å². The Labute approximate surface area is 165 Å². The molecule has 0 heterocycles. The molecule has 0 aliphatic carbocycles. The first-order chi connectivity index (χ1) is 14.0. The third-order valence-corrected chi connectivity index (χ3v) is 3.80. The Hall–Kier alpha value is -4.33. The Bertz CT molecular complexity index is 1060. The molecular weight excluding hydrogens is 374 g/mol. The largest absolute Gasteiger partial charge is 0.423 e. The number of nitro benzene ring substituents is 1. The zero-order chi connectivity index (χ0) is 20.6. The van der Waals surface area contributed by atoms with Crippen LogP contribution in [0.25, 0.3) is 0 Å². The minimum Gasteiger partial charge on any atom is -0.423 e. The van der Waals surface area contributed by atoms with Gasteiger partial charge < -0.3 is 4.74 Å². The number of rotatable bonds is 6. The maximum absolute atomic E-state index is 12.0. The van der Waals surface area contributed by atoms with Crippen LogP contribution >= 0.6 is 0 Å². The van der Waals surface area contributed by atoms with Gasteiger partial charge in [0.2, 0.25) is 0 Å². The van der Waals surface area contributed by atoms with Crippen LogP contribution < -0.4 is 10.2 Å². The standard InChI is InChI=1S/C21H15N3O5/c25-20(17-7-4-8-18(13-17)24(27)28)23-22-14-15-9-11-19(12-10-15)29-21(26)16-5-2-1-3-6-16/h1-14H,(H,23,25)/b22-14+. The Morgan fingerprint density at radius 2 is 1.62 bits per heavy atom. The van der Waals surface area contributed by atoms with E-state index >= 15 is 0 Å². The molecule has 0 bridgehead atoms. The number of nitrogens with zero attached hydrogens (tertiary/aromatic N) is 2. The van der Waals surface area contributed by atoms with Crippen LogP contribution in [0.4, 0.5) is 5.69 Å². The highest BCUT2D eigenvalue weighted by Crippen LogP contribution is 2.14. The van der Waals surface area contributed by atoms with Gasteiger partial charge in [-0.3, -0.25) is 14.9 Å². The number of hydrogen-bond acceptors (Lipinski definition) is 6. The number of hydrazone groups is 1. The van der Waals surface area contributed by atoms with E-state index in [0.29, 0.717) is 16.9 Å². The van der Waals surface area contributed by atoms with Gasteiger partial charge in [0.15, 0.2) is 0 Å². The third kappa shape index (κ3) is 5.33. The molecule has 0 saturated heterocycles. The van der Waals surface area contributed by atoms with Crippen molar-refractivity contribution in [1.82, 2.24) is 5.43 Å². The average Bonchev–Trinajstić information content (AvgIpc) is 2.75. The quantitative estimate of drug-likeness (QED) is 0.228. The molecule has 0 atom stereocenters. The van der Waals surface area contributed by atoms with E-state index in [9.17, 15) is 19.7 Å². The van der Waals surface area contributed by atoms with E-state index in [1.165, 1.54) is 30.5 Å². The first-order valence-electron chi connectivity index (χ1n) is 8.48. The highest BCUT2D eigenvalue weighted by molar-refractivity contribution is 5.95. The number of esters is 1. The van der Waals surface area contributed by atoms with Crippen molar-refractivity contribution in [1.29, 1.82) is 0 Å². The van der Waals surface area contributed by atoms with Crippen molar-refractivity contribution in [2.24, 2.45) is 5.10 Å². The molecule has 3 aromatic rings. The molecule has 0 radical (unpaired) electrons. The van der Waals surface area contributed by atoms with Gasteiger partial charge in [0.05, 0.1) is 16.7 Å². The highest BCUT2D eigenvalue weighted by Gasteiger charge is 2.11. The number of ether oxygens (including phenoxy) is 1. The van der Waals surface area contributed by atoms with Crippen LogP contribution in [-0.2, 0) is 0 Å². The van der Waals surface area contributed by atoms with Crippen LogP contribution in [0.5, 0.6) is 5.75 Å². The second-order valence-corrected chi connectivity index (χ2v) is 5.83. The molecule has 29 heavy (non-hydrogen) atoms. The van der Waals surface area contributed by atoms with Crippen LogP contribution in [0.15, 0.2) is 84.0 Å². The van der Waals surface area contributed by atoms with Gasteiger partial charge in [0, 0.05) is 17.7 Å². The molecule has 144 valence electrons. The summed E-state index contributed by atoms with van der Waals surface area (Å²) in [5.74, 6) is -0.661. The molecular formula is C21H15N3O5. The summed E-state index contributed by atoms with van der Waals surface area (Å²) < 4.78 is 5.28. The average molecular weight is 389 g/mol. The lowest BCUT2D eigenvalue weighted by atomic mass is 10.2. The topological polar surface area (TPSA) is 111 Å². The monoisotopic (exact) mass is 389 g/mol. The fourth-order valence-corrected chi connectivity index (χ4v) is 2.35. The lowest BCUT2D eigenvalue weighted by molar-refractivity contribution is -0.384. The summed E-state index contributed by atoms with van der Waals surface area (Å²) >= 11 is 0. The minimum absolute atomic E-state index is 0.125. The summed E-state index contributed by atoms with van der Waals surface area (Å²) in [5, 5.41) is 14.6. The van der Waals surface area contributed by atoms with E-state index in [2.05, 4.69) is 10.5 Å². The summed E-state index contributed by atoms with van der Waals surface area (Å²) in [4.78, 5) is 34.2. The van der Waals surface area contributed by atoms with Crippen LogP contribution in [0.2, 0.25) is 0 Å². The third-order valence-electron chi connectivity index (χ3n) is 3.80. The predicted molar refractivity (Wildman–Crippen MR) is 106 cm³/mol. The molecule has 1 N–H and O–H groups in total. The van der Waals surface area contributed by atoms with Gasteiger partial charge in [-0.1, -0.05) is 24.3 Å². The molecule has 0 fully saturated rings. The van der Waals surface area contributed by atoms with Crippen molar-refractivity contribution in [2.45, 2.75) is 0 Å². The Morgan fingerprint density at radius 3 is 2.31 bits per heavy atom. The highest BCUT2D eigenvalue weighted by atomic mass is 16.6. The Balaban J connectivity index is 1.57. The van der Waals surface area contributed by atoms with E-state index in [4.69, 9.17) is 4.74 Å². The fraction of sp³-hybridized carbons (Fsp3) is 0. The normalized spacial score (nSPS) is 10.5. The van der Waals surface area contributed by atoms with Crippen molar-refractivity contribution in [2.75, 3.05) is 0 Å². The molecule has 8 heteroatoms. The van der Waals surface area contributed by atoms with Crippen molar-refractivity contribution in [3.63, 3.8) is 0 Å². The fourth-order valence-electron chi connectivity index (χ4n) is 2.35. The zero-order valence-corrected chi connectivity index (χ0v) is 15.0. The molecule has 0 spiro atoms. The van der Waals surface area contributed by atoms with Gasteiger partial charge in [-0.15, -0.1) is 0 Å². The van der Waals surface area contributed by atoms with Crippen molar-refractivity contribution in [3.05, 3.63) is 106 Å². The summed E-state index contributed by atoms with van der Waals surface area (Å²) in [6.07, 6.45) is 1.40. The number of carbonyl (C=O) groups excluding carboxylic acids is 2. The molecule has 3 rings (SSSR count). The summed E-state index contributed by atoms with van der Waals surface area (Å²) in [5.41, 5.74) is 3.35. The molecule has 3 aromatic carbocycles. The number of amides is 1. The summed E-state index contributed by atoms with van der Waals surface area (Å²) in [6, 6.07) is 20.5. The van der Waals surface area contributed by atoms with Crippen LogP contribution in [-0.4, -0.2) is 23.0 Å². The van der Waals surface area contributed by atoms with Crippen molar-refractivity contribution in [3.8, 4) is 5.75 Å². The number of hydrogen-bond donors (Lipinski definition) is 1. The SMILES string of the molecule is O=C(N/N=C/c1ccc(OC(=O)c2ccccc2)cc1)c1cccc([N+](=O)[O-])c1. The second-order valence-electron chi connectivity index (χ2n) is 5.83. The molecule has 0 saturated carbocycles. The van der Waals surface area contributed by atoms with E-state index in [0.717, 1.165) is 0 Å². The lowest BCUT2D eigenvalue weighted by Gasteiger charge is -2.04. The van der Waals surface area contributed by atoms with Crippen LogP contribution in [0, 0.1) is 10.1 Å². The van der Waals surface area contributed by atoms with Crippen LogP contribution in [0.1, 0.15) is 26.3 Å². The van der Waals surface area contributed by atoms with E-state index < -0.39 is 16.8 Å². The number of non-ortho nitro benzene ring substituents is 1. The number of benzene rings is 3. The van der Waals surface area contributed by atoms with Gasteiger partial charge in [-0.25, -0.2) is 10.2 Å². The number of nitrogens with one attached hydrogen (secondary N) is 1. The molecule has 0 aliphatic rings. The van der Waals surface area contributed by atoms with Crippen molar-refractivity contribution < 1.29 is 19.2 Å². The number of carbonyl (C=O) groups is 2. The van der Waals surface area contributed by atoms with Gasteiger partial charge in [-0.2, -0.15) is 5.10 Å². The smallest absolute Gasteiger partial charge is 0.343 e. The first kappa shape index (κ1) is 19.4. The van der Waals surface area contributed by atoms with E-state index in [-0.39, 0.29) is 11.3 Å². The summed E-state index contributed by atoms with van der Waals surface area (Å²) in [6.45, 7) is 0. The Kier molecular flexibility index (Phi) is 6.06. The van der Waals surface area contributed by atoms with E-state index in [1.807, 2.05) is 6.07 Å². The van der Waals surface area contributed by atoms with Gasteiger partial charge in [0.1, 0.15) is 5.75 Å². The molecule has 1 amide bonds. The van der Waals surface area contributed by atoms with Gasteiger partial charge in [-0.05, 0) is 48.0 Å². The summed E-state index contributed by atoms with van der Waals surface area (Å²) in [7, 11) is 0. The van der Waals surface area contributed by atoms with Crippen molar-refractivity contribution >= 4 is 23.8 Å². The minimum atomic E-state index is -0.577. The molecule has 0 unspecified atom stereocenters. The Morgan fingerprint density at radius 1 is 0.931 bits per heavy atom. The van der Waals surface area contributed by atoms with E-state index in [1.54, 1.807) is 48.5 Å². The van der Waals surface area contributed by atoms with Gasteiger partial charge in [0.25, 0.3) is 11.6 Å². The molecule has 0 aliphatic heterocycles. The maximum atomic E-state index is 12.0. The maximum Gasteiger partial charge on any atom is 0.343 e. The van der Waals surface area contributed by atoms with Crippen LogP contribution in [0.3, 0.4) is 0 Å². The molecule has 8 nitrogen and oxygen atoms in total.